The molecule has 1 aliphatic heterocycles. The molecule has 0 radical (unpaired) electrons. The quantitative estimate of drug-likeness (QED) is 0.839. The average Bonchev–Trinajstić information content (AvgIpc) is 2.32. The molecule has 0 saturated carbocycles. The van der Waals surface area contributed by atoms with E-state index in [2.05, 4.69) is 6.92 Å². The van der Waals surface area contributed by atoms with Crippen molar-refractivity contribution in [3.05, 3.63) is 29.8 Å². The highest BCUT2D eigenvalue weighted by atomic mass is 19.4. The number of nitrogens with two attached hydrogens (primary N) is 1. The Hall–Kier alpha value is -1.23. The predicted molar refractivity (Wildman–Crippen MR) is 65.4 cm³/mol. The minimum atomic E-state index is -4.27. The largest absolute Gasteiger partial charge is 0.416 e. The van der Waals surface area contributed by atoms with Crippen molar-refractivity contribution in [2.45, 2.75) is 25.6 Å². The minimum absolute atomic E-state index is 0.0843. The zero-order valence-electron chi connectivity index (χ0n) is 10.2. The van der Waals surface area contributed by atoms with Gasteiger partial charge in [0, 0.05) is 24.8 Å². The third-order valence-electron chi connectivity index (χ3n) is 3.58. The number of rotatable bonds is 1. The van der Waals surface area contributed by atoms with Crippen LogP contribution in [-0.2, 0) is 6.18 Å². The Labute approximate surface area is 105 Å². The molecule has 0 aromatic heterocycles. The number of anilines is 1. The van der Waals surface area contributed by atoms with Crippen LogP contribution in [0.25, 0.3) is 0 Å². The molecule has 2 unspecified atom stereocenters. The van der Waals surface area contributed by atoms with Crippen LogP contribution in [-0.4, -0.2) is 19.1 Å². The Kier molecular flexibility index (Phi) is 3.52. The van der Waals surface area contributed by atoms with Crippen LogP contribution in [0.1, 0.15) is 18.9 Å². The van der Waals surface area contributed by atoms with Gasteiger partial charge in [-0.05, 0) is 36.6 Å². The van der Waals surface area contributed by atoms with Crippen molar-refractivity contribution in [3.8, 4) is 0 Å². The summed E-state index contributed by atoms with van der Waals surface area (Å²) in [5.41, 5.74) is 6.18. The first-order chi connectivity index (χ1) is 8.38. The lowest BCUT2D eigenvalue weighted by molar-refractivity contribution is -0.137. The van der Waals surface area contributed by atoms with E-state index in [-0.39, 0.29) is 6.04 Å². The Morgan fingerprint density at radius 3 is 2.33 bits per heavy atom. The average molecular weight is 258 g/mol. The second-order valence-corrected chi connectivity index (χ2v) is 4.92. The van der Waals surface area contributed by atoms with Gasteiger partial charge in [-0.2, -0.15) is 13.2 Å². The van der Waals surface area contributed by atoms with Crippen molar-refractivity contribution in [1.29, 1.82) is 0 Å². The highest BCUT2D eigenvalue weighted by Gasteiger charge is 2.30. The highest BCUT2D eigenvalue weighted by Crippen LogP contribution is 2.31. The van der Waals surface area contributed by atoms with Crippen molar-refractivity contribution in [2.24, 2.45) is 11.7 Å². The summed E-state index contributed by atoms with van der Waals surface area (Å²) in [4.78, 5) is 2.05. The van der Waals surface area contributed by atoms with Crippen LogP contribution in [0.3, 0.4) is 0 Å². The number of hydrogen-bond acceptors (Lipinski definition) is 2. The minimum Gasteiger partial charge on any atom is -0.370 e. The smallest absolute Gasteiger partial charge is 0.370 e. The first-order valence-electron chi connectivity index (χ1n) is 6.05. The van der Waals surface area contributed by atoms with Gasteiger partial charge in [0.05, 0.1) is 5.56 Å². The molecule has 0 amide bonds. The fraction of sp³-hybridized carbons (Fsp3) is 0.538. The van der Waals surface area contributed by atoms with Gasteiger partial charge in [0.15, 0.2) is 0 Å². The van der Waals surface area contributed by atoms with Crippen LogP contribution in [0.2, 0.25) is 0 Å². The van der Waals surface area contributed by atoms with Crippen molar-refractivity contribution in [1.82, 2.24) is 0 Å². The maximum atomic E-state index is 12.4. The van der Waals surface area contributed by atoms with Gasteiger partial charge in [0.1, 0.15) is 0 Å². The molecule has 1 fully saturated rings. The lowest BCUT2D eigenvalue weighted by Crippen LogP contribution is -2.47. The van der Waals surface area contributed by atoms with Gasteiger partial charge in [-0.15, -0.1) is 0 Å². The molecule has 100 valence electrons. The monoisotopic (exact) mass is 258 g/mol. The predicted octanol–water partition coefficient (Wildman–Crippen LogP) is 2.88. The molecule has 2 nitrogen and oxygen atoms in total. The van der Waals surface area contributed by atoms with Gasteiger partial charge in [0.2, 0.25) is 0 Å². The third kappa shape index (κ3) is 2.77. The second-order valence-electron chi connectivity index (χ2n) is 4.92. The zero-order valence-corrected chi connectivity index (χ0v) is 10.2. The summed E-state index contributed by atoms with van der Waals surface area (Å²) in [7, 11) is 0. The molecule has 2 atom stereocenters. The number of alkyl halides is 3. The van der Waals surface area contributed by atoms with Gasteiger partial charge in [-0.25, -0.2) is 0 Å². The summed E-state index contributed by atoms with van der Waals surface area (Å²) >= 11 is 0. The first kappa shape index (κ1) is 13.2. The molecule has 1 aliphatic rings. The van der Waals surface area contributed by atoms with E-state index >= 15 is 0 Å². The van der Waals surface area contributed by atoms with Gasteiger partial charge < -0.3 is 10.6 Å². The van der Waals surface area contributed by atoms with Crippen molar-refractivity contribution in [2.75, 3.05) is 18.0 Å². The number of benzene rings is 1. The van der Waals surface area contributed by atoms with Crippen molar-refractivity contribution < 1.29 is 13.2 Å². The van der Waals surface area contributed by atoms with Crippen LogP contribution in [0.5, 0.6) is 0 Å². The molecule has 0 bridgehead atoms. The molecule has 5 heteroatoms. The maximum Gasteiger partial charge on any atom is 0.416 e. The SMILES string of the molecule is CC1CCN(c2ccc(C(F)(F)F)cc2)CC1N. The summed E-state index contributed by atoms with van der Waals surface area (Å²) in [5, 5.41) is 0. The van der Waals surface area contributed by atoms with E-state index in [9.17, 15) is 13.2 Å². The number of hydrogen-bond donors (Lipinski definition) is 1. The summed E-state index contributed by atoms with van der Waals surface area (Å²) in [5.74, 6) is 0.468. The molecule has 1 saturated heterocycles. The fourth-order valence-electron chi connectivity index (χ4n) is 2.20. The van der Waals surface area contributed by atoms with Gasteiger partial charge >= 0.3 is 6.18 Å². The molecule has 2 N–H and O–H groups in total. The maximum absolute atomic E-state index is 12.4. The van der Waals surface area contributed by atoms with Crippen molar-refractivity contribution in [3.63, 3.8) is 0 Å². The van der Waals surface area contributed by atoms with Crippen LogP contribution >= 0.6 is 0 Å². The molecule has 0 spiro atoms. The third-order valence-corrected chi connectivity index (χ3v) is 3.58. The van der Waals surface area contributed by atoms with Crippen LogP contribution in [0, 0.1) is 5.92 Å². The number of nitrogens with zero attached hydrogens (tertiary/aromatic N) is 1. The normalized spacial score (nSPS) is 25.3. The van der Waals surface area contributed by atoms with E-state index < -0.39 is 11.7 Å². The molecule has 18 heavy (non-hydrogen) atoms. The molecular formula is C13H17F3N2. The van der Waals surface area contributed by atoms with Crippen LogP contribution in [0.15, 0.2) is 24.3 Å². The van der Waals surface area contributed by atoms with E-state index in [0.29, 0.717) is 12.5 Å². The number of halogens is 3. The molecular weight excluding hydrogens is 241 g/mol. The van der Waals surface area contributed by atoms with E-state index in [1.165, 1.54) is 12.1 Å². The molecule has 1 aromatic carbocycles. The molecule has 2 rings (SSSR count). The standard InChI is InChI=1S/C13H17F3N2/c1-9-6-7-18(8-12(9)17)11-4-2-10(3-5-11)13(14,15)16/h2-5,9,12H,6-8,17H2,1H3. The van der Waals surface area contributed by atoms with E-state index in [1.807, 2.05) is 4.90 Å². The van der Waals surface area contributed by atoms with Gasteiger partial charge in [-0.1, -0.05) is 6.92 Å². The first-order valence-corrected chi connectivity index (χ1v) is 6.05. The Morgan fingerprint density at radius 1 is 1.22 bits per heavy atom. The summed E-state index contributed by atoms with van der Waals surface area (Å²) in [6.45, 7) is 3.65. The molecule has 0 aliphatic carbocycles. The summed E-state index contributed by atoms with van der Waals surface area (Å²) in [6, 6.07) is 5.37. The zero-order chi connectivity index (χ0) is 13.3. The summed E-state index contributed by atoms with van der Waals surface area (Å²) < 4.78 is 37.3. The van der Waals surface area contributed by atoms with E-state index in [4.69, 9.17) is 5.73 Å². The lowest BCUT2D eigenvalue weighted by Gasteiger charge is -2.36. The summed E-state index contributed by atoms with van der Waals surface area (Å²) in [6.07, 6.45) is -3.30. The Morgan fingerprint density at radius 2 is 1.83 bits per heavy atom. The van der Waals surface area contributed by atoms with Crippen LogP contribution in [0.4, 0.5) is 18.9 Å². The lowest BCUT2D eigenvalue weighted by atomic mass is 9.94. The molecule has 1 heterocycles. The molecule has 1 aromatic rings. The van der Waals surface area contributed by atoms with E-state index in [1.54, 1.807) is 0 Å². The van der Waals surface area contributed by atoms with E-state index in [0.717, 1.165) is 30.8 Å². The second kappa shape index (κ2) is 4.80. The van der Waals surface area contributed by atoms with Crippen molar-refractivity contribution >= 4 is 5.69 Å². The Bertz CT molecular complexity index is 400. The number of piperidine rings is 1. The topological polar surface area (TPSA) is 29.3 Å². The van der Waals surface area contributed by atoms with Gasteiger partial charge in [0.25, 0.3) is 0 Å². The highest BCUT2D eigenvalue weighted by molar-refractivity contribution is 5.48. The van der Waals surface area contributed by atoms with Crippen LogP contribution < -0.4 is 10.6 Å². The van der Waals surface area contributed by atoms with Gasteiger partial charge in [-0.3, -0.25) is 0 Å². The fourth-order valence-corrected chi connectivity index (χ4v) is 2.20. The Balaban J connectivity index is 2.11.